The topological polar surface area (TPSA) is 108 Å². The van der Waals surface area contributed by atoms with Crippen molar-refractivity contribution in [3.05, 3.63) is 58.1 Å². The number of rotatable bonds is 4. The fourth-order valence-corrected chi connectivity index (χ4v) is 3.82. The lowest BCUT2D eigenvalue weighted by Crippen LogP contribution is -2.46. The Hall–Kier alpha value is -3.24. The molecule has 0 radical (unpaired) electrons. The van der Waals surface area contributed by atoms with Crippen molar-refractivity contribution < 1.29 is 33.0 Å². The van der Waals surface area contributed by atoms with Crippen LogP contribution in [0.2, 0.25) is 5.02 Å². The van der Waals surface area contributed by atoms with Crippen LogP contribution >= 0.6 is 11.6 Å². The summed E-state index contributed by atoms with van der Waals surface area (Å²) in [5, 5.41) is 15.1. The van der Waals surface area contributed by atoms with Crippen LogP contribution in [0.1, 0.15) is 24.0 Å². The van der Waals surface area contributed by atoms with E-state index in [1.54, 1.807) is 18.2 Å². The van der Waals surface area contributed by atoms with Gasteiger partial charge >= 0.3 is 6.09 Å². The predicted molar refractivity (Wildman–Crippen MR) is 110 cm³/mol. The molecule has 1 atom stereocenters. The van der Waals surface area contributed by atoms with Crippen LogP contribution in [0.25, 0.3) is 0 Å². The molecule has 0 spiro atoms. The zero-order chi connectivity index (χ0) is 23.0. The van der Waals surface area contributed by atoms with Gasteiger partial charge in [0.25, 0.3) is 11.7 Å². The summed E-state index contributed by atoms with van der Waals surface area (Å²) in [5.74, 6) is -5.32. The van der Waals surface area contributed by atoms with E-state index in [9.17, 15) is 28.3 Å². The first-order chi connectivity index (χ1) is 15.2. The first-order valence-electron chi connectivity index (χ1n) is 9.74. The van der Waals surface area contributed by atoms with E-state index in [0.29, 0.717) is 24.2 Å². The Morgan fingerprint density at radius 2 is 2.03 bits per heavy atom. The van der Waals surface area contributed by atoms with Gasteiger partial charge < -0.3 is 25.4 Å². The number of carbonyl (C=O) groups excluding carboxylic acids is 3. The van der Waals surface area contributed by atoms with Gasteiger partial charge in [-0.1, -0.05) is 11.6 Å². The number of fused-ring (bicyclic) bond motifs is 1. The molecule has 0 bridgehead atoms. The van der Waals surface area contributed by atoms with E-state index in [1.165, 1.54) is 4.90 Å². The van der Waals surface area contributed by atoms with Crippen molar-refractivity contribution in [3.8, 4) is 0 Å². The Morgan fingerprint density at radius 3 is 2.81 bits per heavy atom. The van der Waals surface area contributed by atoms with Gasteiger partial charge in [0.15, 0.2) is 0 Å². The molecule has 32 heavy (non-hydrogen) atoms. The third-order valence-corrected chi connectivity index (χ3v) is 5.65. The van der Waals surface area contributed by atoms with Gasteiger partial charge in [-0.25, -0.2) is 13.6 Å². The van der Waals surface area contributed by atoms with Crippen molar-refractivity contribution in [3.63, 3.8) is 0 Å². The number of alkyl carbamates (subject to hydrolysis) is 1. The minimum absolute atomic E-state index is 0.0747. The highest BCUT2D eigenvalue weighted by atomic mass is 35.5. The van der Waals surface area contributed by atoms with Gasteiger partial charge in [0.2, 0.25) is 5.91 Å². The number of carbonyl (C=O) groups is 3. The highest BCUT2D eigenvalue weighted by Gasteiger charge is 2.49. The third-order valence-electron chi connectivity index (χ3n) is 5.36. The second kappa shape index (κ2) is 8.36. The predicted octanol–water partition coefficient (Wildman–Crippen LogP) is 2.85. The number of nitrogens with one attached hydrogen (secondary N) is 2. The van der Waals surface area contributed by atoms with Crippen LogP contribution in [0.3, 0.4) is 0 Å². The Morgan fingerprint density at radius 1 is 1.25 bits per heavy atom. The standard InChI is InChI=1S/C21H18ClF2N3O5/c22-14-3-4-15(23)13(18(14)24)10-25-20(30)32-21(31)7-8-27(19(21)29)12-2-5-16-11(9-12)1-6-17(28)26-16/h2-5,9,31H,1,6-8,10H2,(H,25,30)(H,26,28)/t21-/m0/s1. The van der Waals surface area contributed by atoms with Crippen LogP contribution in [0.5, 0.6) is 0 Å². The quantitative estimate of drug-likeness (QED) is 0.475. The summed E-state index contributed by atoms with van der Waals surface area (Å²) < 4.78 is 32.6. The van der Waals surface area contributed by atoms with Crippen molar-refractivity contribution >= 4 is 40.9 Å². The van der Waals surface area contributed by atoms with E-state index in [4.69, 9.17) is 16.3 Å². The largest absolute Gasteiger partial charge is 0.410 e. The van der Waals surface area contributed by atoms with Gasteiger partial charge in [-0.15, -0.1) is 0 Å². The molecule has 0 aromatic heterocycles. The number of anilines is 2. The maximum Gasteiger partial charge on any atom is 0.410 e. The maximum absolute atomic E-state index is 13.9. The van der Waals surface area contributed by atoms with Gasteiger partial charge in [0, 0.05) is 36.3 Å². The SMILES string of the molecule is O=C1CCc2cc(N3CC[C@](O)(OC(=O)NCc4c(F)ccc(Cl)c4F)C3=O)ccc2N1. The number of ether oxygens (including phenoxy) is 1. The summed E-state index contributed by atoms with van der Waals surface area (Å²) in [6.07, 6.45) is -0.593. The van der Waals surface area contributed by atoms with Crippen LogP contribution in [0.15, 0.2) is 30.3 Å². The van der Waals surface area contributed by atoms with Crippen LogP contribution in [-0.4, -0.2) is 35.3 Å². The molecule has 2 heterocycles. The minimum atomic E-state index is -2.43. The molecule has 3 N–H and O–H groups in total. The Labute approximate surface area is 186 Å². The molecular formula is C21H18ClF2N3O5. The molecule has 3 amide bonds. The molecule has 2 aromatic carbocycles. The normalized spacial score (nSPS) is 20.1. The lowest BCUT2D eigenvalue weighted by Gasteiger charge is -2.24. The molecule has 168 valence electrons. The number of hydrogen-bond donors (Lipinski definition) is 3. The summed E-state index contributed by atoms with van der Waals surface area (Å²) in [5.41, 5.74) is 1.49. The van der Waals surface area contributed by atoms with E-state index in [0.717, 1.165) is 17.7 Å². The molecule has 4 rings (SSSR count). The monoisotopic (exact) mass is 465 g/mol. The summed E-state index contributed by atoms with van der Waals surface area (Å²) in [6.45, 7) is -0.521. The van der Waals surface area contributed by atoms with Crippen molar-refractivity contribution in [1.29, 1.82) is 0 Å². The van der Waals surface area contributed by atoms with Crippen molar-refractivity contribution in [2.75, 3.05) is 16.8 Å². The van der Waals surface area contributed by atoms with Crippen LogP contribution in [-0.2, 0) is 27.3 Å². The highest BCUT2D eigenvalue weighted by Crippen LogP contribution is 2.33. The lowest BCUT2D eigenvalue weighted by atomic mass is 10.0. The van der Waals surface area contributed by atoms with Crippen molar-refractivity contribution in [2.24, 2.45) is 0 Å². The van der Waals surface area contributed by atoms with Crippen molar-refractivity contribution in [2.45, 2.75) is 31.6 Å². The second-order valence-corrected chi connectivity index (χ2v) is 7.85. The van der Waals surface area contributed by atoms with Crippen LogP contribution in [0, 0.1) is 11.6 Å². The maximum atomic E-state index is 13.9. The van der Waals surface area contributed by atoms with Gasteiger partial charge in [0.05, 0.1) is 11.6 Å². The number of aliphatic hydroxyl groups is 1. The fraction of sp³-hybridized carbons (Fsp3) is 0.286. The fourth-order valence-electron chi connectivity index (χ4n) is 3.64. The van der Waals surface area contributed by atoms with Gasteiger partial charge in [-0.2, -0.15) is 0 Å². The number of nitrogens with zero attached hydrogens (tertiary/aromatic N) is 1. The Bertz CT molecular complexity index is 1130. The number of amides is 3. The van der Waals surface area contributed by atoms with E-state index in [1.807, 2.05) is 0 Å². The van der Waals surface area contributed by atoms with Crippen LogP contribution < -0.4 is 15.5 Å². The average Bonchev–Trinajstić information content (AvgIpc) is 3.04. The molecule has 1 saturated heterocycles. The molecule has 2 aliphatic heterocycles. The van der Waals surface area contributed by atoms with E-state index in [2.05, 4.69) is 10.6 Å². The summed E-state index contributed by atoms with van der Waals surface area (Å²) in [6, 6.07) is 6.98. The van der Waals surface area contributed by atoms with Gasteiger partial charge in [-0.05, 0) is 42.3 Å². The summed E-state index contributed by atoms with van der Waals surface area (Å²) in [7, 11) is 0. The number of aryl methyl sites for hydroxylation is 1. The smallest absolute Gasteiger partial charge is 0.407 e. The minimum Gasteiger partial charge on any atom is -0.407 e. The molecule has 1 fully saturated rings. The first kappa shape index (κ1) is 22.0. The molecule has 2 aromatic rings. The number of benzene rings is 2. The zero-order valence-electron chi connectivity index (χ0n) is 16.6. The molecule has 0 unspecified atom stereocenters. The molecule has 11 heteroatoms. The van der Waals surface area contributed by atoms with E-state index >= 15 is 0 Å². The molecule has 0 aliphatic carbocycles. The molecule has 2 aliphatic rings. The molecule has 0 saturated carbocycles. The third kappa shape index (κ3) is 4.11. The van der Waals surface area contributed by atoms with Crippen LogP contribution in [0.4, 0.5) is 25.0 Å². The van der Waals surface area contributed by atoms with Crippen molar-refractivity contribution in [1.82, 2.24) is 5.32 Å². The summed E-state index contributed by atoms with van der Waals surface area (Å²) in [4.78, 5) is 37.6. The molecule has 8 nitrogen and oxygen atoms in total. The Balaban J connectivity index is 1.42. The zero-order valence-corrected chi connectivity index (χ0v) is 17.3. The van der Waals surface area contributed by atoms with Gasteiger partial charge in [0.1, 0.15) is 11.6 Å². The number of hydrogen-bond acceptors (Lipinski definition) is 5. The second-order valence-electron chi connectivity index (χ2n) is 7.45. The van der Waals surface area contributed by atoms with Gasteiger partial charge in [-0.3, -0.25) is 9.59 Å². The van der Waals surface area contributed by atoms with E-state index < -0.39 is 41.5 Å². The van der Waals surface area contributed by atoms with E-state index in [-0.39, 0.29) is 23.9 Å². The average molecular weight is 466 g/mol. The highest BCUT2D eigenvalue weighted by molar-refractivity contribution is 6.30. The lowest BCUT2D eigenvalue weighted by molar-refractivity contribution is -0.175. The number of halogens is 3. The first-order valence-corrected chi connectivity index (χ1v) is 10.1. The summed E-state index contributed by atoms with van der Waals surface area (Å²) >= 11 is 5.61. The molecular weight excluding hydrogens is 448 g/mol. The Kier molecular flexibility index (Phi) is 5.74.